The van der Waals surface area contributed by atoms with E-state index in [0.717, 1.165) is 24.8 Å². The second-order valence-corrected chi connectivity index (χ2v) is 6.14. The van der Waals surface area contributed by atoms with E-state index in [-0.39, 0.29) is 5.96 Å². The summed E-state index contributed by atoms with van der Waals surface area (Å²) < 4.78 is 26.7. The van der Waals surface area contributed by atoms with Gasteiger partial charge in [-0.2, -0.15) is 0 Å². The number of hydrogen-bond acceptors (Lipinski definition) is 3. The summed E-state index contributed by atoms with van der Waals surface area (Å²) in [4.78, 5) is 4.37. The minimum atomic E-state index is -3.50. The molecule has 1 aromatic rings. The Morgan fingerprint density at radius 3 is 2.74 bits per heavy atom. The molecule has 0 atom stereocenters. The van der Waals surface area contributed by atoms with Crippen LogP contribution < -0.4 is 10.0 Å². The Balaban J connectivity index is 2.37. The van der Waals surface area contributed by atoms with Gasteiger partial charge < -0.3 is 5.32 Å². The van der Waals surface area contributed by atoms with Gasteiger partial charge in [-0.25, -0.2) is 13.1 Å². The van der Waals surface area contributed by atoms with Gasteiger partial charge in [0.15, 0.2) is 0 Å². The van der Waals surface area contributed by atoms with Crippen molar-refractivity contribution in [1.82, 2.24) is 4.72 Å². The first-order valence-corrected chi connectivity index (χ1v) is 8.02. The van der Waals surface area contributed by atoms with E-state index in [9.17, 15) is 8.42 Å². The average Bonchev–Trinajstić information content (AvgIpc) is 2.36. The molecule has 6 heteroatoms. The molecule has 0 radical (unpaired) electrons. The second-order valence-electron chi connectivity index (χ2n) is 4.49. The van der Waals surface area contributed by atoms with E-state index in [2.05, 4.69) is 22.0 Å². The molecule has 0 saturated heterocycles. The first kappa shape index (κ1) is 13.9. The highest BCUT2D eigenvalue weighted by atomic mass is 32.2. The Bertz CT molecular complexity index is 594. The normalized spacial score (nSPS) is 18.5. The molecule has 0 unspecified atom stereocenters. The summed E-state index contributed by atoms with van der Waals surface area (Å²) in [6.45, 7) is 4.49. The van der Waals surface area contributed by atoms with E-state index >= 15 is 0 Å². The van der Waals surface area contributed by atoms with Crippen molar-refractivity contribution >= 4 is 21.7 Å². The number of anilines is 1. The molecule has 5 nitrogen and oxygen atoms in total. The van der Waals surface area contributed by atoms with Gasteiger partial charge >= 0.3 is 0 Å². The number of guanidine groups is 1. The number of aliphatic imine (C=N–C) groups is 1. The van der Waals surface area contributed by atoms with Crippen LogP contribution in [0.3, 0.4) is 0 Å². The number of nitrogens with zero attached hydrogens (tertiary/aromatic N) is 1. The molecule has 104 valence electrons. The summed E-state index contributed by atoms with van der Waals surface area (Å²) in [7, 11) is -3.50. The summed E-state index contributed by atoms with van der Waals surface area (Å²) in [6.07, 6.45) is 3.05. The highest BCUT2D eigenvalue weighted by molar-refractivity contribution is 7.90. The first-order chi connectivity index (χ1) is 9.06. The van der Waals surface area contributed by atoms with Crippen LogP contribution in [0.2, 0.25) is 0 Å². The van der Waals surface area contributed by atoms with Crippen molar-refractivity contribution in [3.8, 4) is 0 Å². The Labute approximate surface area is 114 Å². The van der Waals surface area contributed by atoms with Crippen molar-refractivity contribution in [2.75, 3.05) is 11.9 Å². The maximum absolute atomic E-state index is 12.2. The Hall–Kier alpha value is -1.56. The summed E-state index contributed by atoms with van der Waals surface area (Å²) in [5.74, 6) is 0.288. The third kappa shape index (κ3) is 3.07. The fourth-order valence-electron chi connectivity index (χ4n) is 1.99. The number of sulfonamides is 1. The smallest absolute Gasteiger partial charge is 0.266 e. The fourth-order valence-corrected chi connectivity index (χ4v) is 3.19. The number of rotatable bonds is 4. The molecule has 0 amide bonds. The number of fused-ring (bicyclic) bond motifs is 1. The van der Waals surface area contributed by atoms with Crippen LogP contribution in [0.4, 0.5) is 5.69 Å². The highest BCUT2D eigenvalue weighted by Crippen LogP contribution is 2.26. The minimum absolute atomic E-state index is 0.288. The highest BCUT2D eigenvalue weighted by Gasteiger charge is 2.26. The van der Waals surface area contributed by atoms with Gasteiger partial charge in [0.25, 0.3) is 10.0 Å². The lowest BCUT2D eigenvalue weighted by molar-refractivity contribution is 0.591. The maximum Gasteiger partial charge on any atom is 0.266 e. The first-order valence-electron chi connectivity index (χ1n) is 6.54. The van der Waals surface area contributed by atoms with Gasteiger partial charge in [-0.1, -0.05) is 19.4 Å². The van der Waals surface area contributed by atoms with Gasteiger partial charge in [-0.05, 0) is 37.5 Å². The molecule has 0 saturated carbocycles. The van der Waals surface area contributed by atoms with Gasteiger partial charge in [0, 0.05) is 6.54 Å². The maximum atomic E-state index is 12.2. The molecule has 1 aromatic carbocycles. The van der Waals surface area contributed by atoms with E-state index < -0.39 is 10.0 Å². The van der Waals surface area contributed by atoms with E-state index in [0.29, 0.717) is 17.1 Å². The second kappa shape index (κ2) is 5.61. The van der Waals surface area contributed by atoms with Crippen LogP contribution in [0.1, 0.15) is 32.3 Å². The topological polar surface area (TPSA) is 70.6 Å². The lowest BCUT2D eigenvalue weighted by Crippen LogP contribution is -2.40. The number of nitrogens with one attached hydrogen (secondary N) is 2. The van der Waals surface area contributed by atoms with Gasteiger partial charge in [0.2, 0.25) is 5.96 Å². The van der Waals surface area contributed by atoms with Crippen LogP contribution in [-0.4, -0.2) is 20.9 Å². The van der Waals surface area contributed by atoms with E-state index in [1.165, 1.54) is 0 Å². The average molecular weight is 281 g/mol. The predicted octanol–water partition coefficient (Wildman–Crippen LogP) is 2.11. The molecule has 1 heterocycles. The SMILES string of the molecule is CCCCc1ccc2c(c1)S(=O)(=O)NC(=NCC)N2. The van der Waals surface area contributed by atoms with Crippen LogP contribution in [0.15, 0.2) is 28.1 Å². The van der Waals surface area contributed by atoms with E-state index in [4.69, 9.17) is 0 Å². The summed E-state index contributed by atoms with van der Waals surface area (Å²) in [6, 6.07) is 5.51. The number of benzene rings is 1. The molecule has 0 bridgehead atoms. The van der Waals surface area contributed by atoms with Crippen molar-refractivity contribution in [2.24, 2.45) is 4.99 Å². The number of aryl methyl sites for hydroxylation is 1. The van der Waals surface area contributed by atoms with Crippen molar-refractivity contribution < 1.29 is 8.42 Å². The van der Waals surface area contributed by atoms with Crippen molar-refractivity contribution in [1.29, 1.82) is 0 Å². The standard InChI is InChI=1S/C13H19N3O2S/c1-3-5-6-10-7-8-11-12(9-10)19(17,18)16-13(15-11)14-4-2/h7-9H,3-6H2,1-2H3,(H2,14,15,16). The zero-order chi connectivity index (χ0) is 13.9. The molecule has 2 rings (SSSR count). The molecule has 0 spiro atoms. The van der Waals surface area contributed by atoms with Crippen LogP contribution in [0.5, 0.6) is 0 Å². The molecule has 0 aliphatic carbocycles. The van der Waals surface area contributed by atoms with Crippen molar-refractivity contribution in [3.63, 3.8) is 0 Å². The molecular formula is C13H19N3O2S. The number of hydrogen-bond donors (Lipinski definition) is 2. The van der Waals surface area contributed by atoms with E-state index in [1.54, 1.807) is 6.07 Å². The van der Waals surface area contributed by atoms with Gasteiger partial charge in [-0.3, -0.25) is 4.99 Å². The quantitative estimate of drug-likeness (QED) is 0.888. The van der Waals surface area contributed by atoms with Gasteiger partial charge in [-0.15, -0.1) is 0 Å². The van der Waals surface area contributed by atoms with Crippen LogP contribution in [0, 0.1) is 0 Å². The number of unbranched alkanes of at least 4 members (excludes halogenated alkanes) is 1. The lowest BCUT2D eigenvalue weighted by atomic mass is 10.1. The lowest BCUT2D eigenvalue weighted by Gasteiger charge is -2.22. The molecule has 0 fully saturated rings. The molecule has 0 aromatic heterocycles. The summed E-state index contributed by atoms with van der Waals surface area (Å²) in [5, 5.41) is 3.00. The molecule has 2 N–H and O–H groups in total. The Morgan fingerprint density at radius 2 is 2.05 bits per heavy atom. The zero-order valence-corrected chi connectivity index (χ0v) is 12.0. The van der Waals surface area contributed by atoms with Crippen LogP contribution >= 0.6 is 0 Å². The van der Waals surface area contributed by atoms with Crippen molar-refractivity contribution in [3.05, 3.63) is 23.8 Å². The Kier molecular flexibility index (Phi) is 4.09. The van der Waals surface area contributed by atoms with Crippen LogP contribution in [-0.2, 0) is 16.4 Å². The summed E-state index contributed by atoms with van der Waals surface area (Å²) >= 11 is 0. The van der Waals surface area contributed by atoms with Crippen molar-refractivity contribution in [2.45, 2.75) is 38.0 Å². The van der Waals surface area contributed by atoms with Gasteiger partial charge in [0.1, 0.15) is 4.90 Å². The molecular weight excluding hydrogens is 262 g/mol. The molecule has 19 heavy (non-hydrogen) atoms. The third-order valence-electron chi connectivity index (χ3n) is 2.95. The zero-order valence-electron chi connectivity index (χ0n) is 11.2. The van der Waals surface area contributed by atoms with Gasteiger partial charge in [0.05, 0.1) is 5.69 Å². The van der Waals surface area contributed by atoms with Crippen LogP contribution in [0.25, 0.3) is 0 Å². The predicted molar refractivity (Wildman–Crippen MR) is 77.0 cm³/mol. The molecule has 1 aliphatic rings. The fraction of sp³-hybridized carbons (Fsp3) is 0.462. The molecule has 1 aliphatic heterocycles. The minimum Gasteiger partial charge on any atom is -0.324 e. The largest absolute Gasteiger partial charge is 0.324 e. The summed E-state index contributed by atoms with van der Waals surface area (Å²) in [5.41, 5.74) is 1.63. The monoisotopic (exact) mass is 281 g/mol. The van der Waals surface area contributed by atoms with E-state index in [1.807, 2.05) is 19.1 Å². The third-order valence-corrected chi connectivity index (χ3v) is 4.33. The Morgan fingerprint density at radius 1 is 1.26 bits per heavy atom.